The van der Waals surface area contributed by atoms with Crippen molar-refractivity contribution in [1.82, 2.24) is 15.1 Å². The number of carbonyl (C=O) groups is 1. The lowest BCUT2D eigenvalue weighted by Gasteiger charge is -2.29. The van der Waals surface area contributed by atoms with Crippen molar-refractivity contribution in [2.45, 2.75) is 44.6 Å². The van der Waals surface area contributed by atoms with Crippen molar-refractivity contribution in [1.29, 1.82) is 0 Å². The van der Waals surface area contributed by atoms with E-state index in [0.29, 0.717) is 13.0 Å². The van der Waals surface area contributed by atoms with Gasteiger partial charge in [-0.05, 0) is 69.6 Å². The molecule has 2 aliphatic rings. The predicted molar refractivity (Wildman–Crippen MR) is 103 cm³/mol. The highest BCUT2D eigenvalue weighted by atomic mass is 35.5. The summed E-state index contributed by atoms with van der Waals surface area (Å²) in [6.45, 7) is 6.08. The van der Waals surface area contributed by atoms with Gasteiger partial charge >= 0.3 is 0 Å². The molecule has 4 nitrogen and oxygen atoms in total. The van der Waals surface area contributed by atoms with Crippen LogP contribution >= 0.6 is 11.6 Å². The van der Waals surface area contributed by atoms with Crippen LogP contribution < -0.4 is 5.32 Å². The van der Waals surface area contributed by atoms with E-state index >= 15 is 0 Å². The second kappa shape index (κ2) is 9.56. The number of amides is 1. The SMILES string of the molecule is O=C(CCN1CCCCC1)NC[C@H](c1ccc(Cl)cc1)N1CCCC1. The highest BCUT2D eigenvalue weighted by Crippen LogP contribution is 2.25. The average Bonchev–Trinajstić information content (AvgIpc) is 3.17. The number of rotatable bonds is 7. The van der Waals surface area contributed by atoms with Gasteiger partial charge in [0.2, 0.25) is 5.91 Å². The monoisotopic (exact) mass is 363 g/mol. The first-order valence-corrected chi connectivity index (χ1v) is 10.1. The summed E-state index contributed by atoms with van der Waals surface area (Å²) >= 11 is 6.03. The molecule has 0 aromatic heterocycles. The zero-order valence-corrected chi connectivity index (χ0v) is 15.8. The van der Waals surface area contributed by atoms with Crippen molar-refractivity contribution in [3.05, 3.63) is 34.9 Å². The number of hydrogen-bond acceptors (Lipinski definition) is 3. The van der Waals surface area contributed by atoms with Crippen molar-refractivity contribution in [3.63, 3.8) is 0 Å². The Hall–Kier alpha value is -1.10. The number of nitrogens with zero attached hydrogens (tertiary/aromatic N) is 2. The van der Waals surface area contributed by atoms with E-state index in [1.165, 1.54) is 37.7 Å². The first kappa shape index (κ1) is 18.7. The van der Waals surface area contributed by atoms with Gasteiger partial charge in [-0.1, -0.05) is 30.2 Å². The van der Waals surface area contributed by atoms with E-state index in [1.807, 2.05) is 12.1 Å². The van der Waals surface area contributed by atoms with Crippen LogP contribution in [0.15, 0.2) is 24.3 Å². The minimum Gasteiger partial charge on any atom is -0.354 e. The van der Waals surface area contributed by atoms with Crippen LogP contribution in [0.1, 0.15) is 50.1 Å². The molecule has 1 aromatic carbocycles. The van der Waals surface area contributed by atoms with Gasteiger partial charge in [0.1, 0.15) is 0 Å². The zero-order chi connectivity index (χ0) is 17.5. The first-order valence-electron chi connectivity index (χ1n) is 9.71. The third-order valence-electron chi connectivity index (χ3n) is 5.43. The fraction of sp³-hybridized carbons (Fsp3) is 0.650. The number of hydrogen-bond donors (Lipinski definition) is 1. The van der Waals surface area contributed by atoms with Crippen LogP contribution in [-0.2, 0) is 4.79 Å². The smallest absolute Gasteiger partial charge is 0.221 e. The number of likely N-dealkylation sites (tertiary alicyclic amines) is 2. The van der Waals surface area contributed by atoms with E-state index < -0.39 is 0 Å². The van der Waals surface area contributed by atoms with Crippen molar-refractivity contribution >= 4 is 17.5 Å². The molecule has 0 saturated carbocycles. The number of nitrogens with one attached hydrogen (secondary N) is 1. The fourth-order valence-electron chi connectivity index (χ4n) is 3.94. The van der Waals surface area contributed by atoms with Gasteiger partial charge in [0.05, 0.1) is 6.04 Å². The Morgan fingerprint density at radius 1 is 1.00 bits per heavy atom. The predicted octanol–water partition coefficient (Wildman–Crippen LogP) is 3.47. The molecule has 0 unspecified atom stereocenters. The molecular formula is C20H30ClN3O. The number of benzene rings is 1. The van der Waals surface area contributed by atoms with Crippen LogP contribution in [0.4, 0.5) is 0 Å². The molecule has 0 bridgehead atoms. The number of carbonyl (C=O) groups excluding carboxylic acids is 1. The lowest BCUT2D eigenvalue weighted by Crippen LogP contribution is -2.38. The highest BCUT2D eigenvalue weighted by molar-refractivity contribution is 6.30. The molecule has 1 N–H and O–H groups in total. The maximum absolute atomic E-state index is 12.3. The topological polar surface area (TPSA) is 35.6 Å². The molecular weight excluding hydrogens is 334 g/mol. The fourth-order valence-corrected chi connectivity index (χ4v) is 4.06. The Bertz CT molecular complexity index is 536. The summed E-state index contributed by atoms with van der Waals surface area (Å²) in [5.41, 5.74) is 1.24. The van der Waals surface area contributed by atoms with Crippen molar-refractivity contribution in [2.75, 3.05) is 39.3 Å². The van der Waals surface area contributed by atoms with E-state index in [2.05, 4.69) is 27.2 Å². The normalized spacial score (nSPS) is 20.5. The van der Waals surface area contributed by atoms with E-state index in [4.69, 9.17) is 11.6 Å². The van der Waals surface area contributed by atoms with Crippen LogP contribution in [0.25, 0.3) is 0 Å². The van der Waals surface area contributed by atoms with Gasteiger partial charge in [-0.2, -0.15) is 0 Å². The Balaban J connectivity index is 1.51. The Kier molecular flexibility index (Phi) is 7.14. The lowest BCUT2D eigenvalue weighted by atomic mass is 10.1. The standard InChI is InChI=1S/C20H30ClN3O/c21-18-8-6-17(7-9-18)19(24-13-4-5-14-24)16-22-20(25)10-15-23-11-2-1-3-12-23/h6-9,19H,1-5,10-16H2,(H,22,25)/t19-/m1/s1. The van der Waals surface area contributed by atoms with Gasteiger partial charge in [-0.15, -0.1) is 0 Å². The molecule has 5 heteroatoms. The van der Waals surface area contributed by atoms with Gasteiger partial charge in [0, 0.05) is 24.5 Å². The molecule has 2 heterocycles. The Morgan fingerprint density at radius 3 is 2.32 bits per heavy atom. The molecule has 2 aliphatic heterocycles. The maximum atomic E-state index is 12.3. The molecule has 0 radical (unpaired) electrons. The van der Waals surface area contributed by atoms with Gasteiger partial charge < -0.3 is 10.2 Å². The molecule has 3 rings (SSSR count). The molecule has 138 valence electrons. The second-order valence-electron chi connectivity index (χ2n) is 7.27. The summed E-state index contributed by atoms with van der Waals surface area (Å²) < 4.78 is 0. The van der Waals surface area contributed by atoms with Crippen LogP contribution in [-0.4, -0.2) is 55.0 Å². The molecule has 1 amide bonds. The largest absolute Gasteiger partial charge is 0.354 e. The molecule has 0 spiro atoms. The van der Waals surface area contributed by atoms with Gasteiger partial charge in [-0.25, -0.2) is 0 Å². The van der Waals surface area contributed by atoms with Crippen molar-refractivity contribution < 1.29 is 4.79 Å². The third-order valence-corrected chi connectivity index (χ3v) is 5.68. The molecule has 25 heavy (non-hydrogen) atoms. The summed E-state index contributed by atoms with van der Waals surface area (Å²) in [4.78, 5) is 17.2. The molecule has 1 atom stereocenters. The van der Waals surface area contributed by atoms with Crippen LogP contribution in [0, 0.1) is 0 Å². The number of halogens is 1. The highest BCUT2D eigenvalue weighted by Gasteiger charge is 2.24. The van der Waals surface area contributed by atoms with Gasteiger partial charge in [-0.3, -0.25) is 9.69 Å². The van der Waals surface area contributed by atoms with Gasteiger partial charge in [0.15, 0.2) is 0 Å². The summed E-state index contributed by atoms with van der Waals surface area (Å²) in [7, 11) is 0. The van der Waals surface area contributed by atoms with Crippen molar-refractivity contribution in [2.24, 2.45) is 0 Å². The van der Waals surface area contributed by atoms with Crippen LogP contribution in [0.2, 0.25) is 5.02 Å². The summed E-state index contributed by atoms with van der Waals surface area (Å²) in [6.07, 6.45) is 6.97. The lowest BCUT2D eigenvalue weighted by molar-refractivity contribution is -0.121. The second-order valence-corrected chi connectivity index (χ2v) is 7.70. The first-order chi connectivity index (χ1) is 12.2. The van der Waals surface area contributed by atoms with E-state index in [1.54, 1.807) is 0 Å². The molecule has 2 saturated heterocycles. The van der Waals surface area contributed by atoms with Gasteiger partial charge in [0.25, 0.3) is 0 Å². The van der Waals surface area contributed by atoms with E-state index in [9.17, 15) is 4.79 Å². The van der Waals surface area contributed by atoms with E-state index in [-0.39, 0.29) is 11.9 Å². The molecule has 0 aliphatic carbocycles. The van der Waals surface area contributed by atoms with Crippen LogP contribution in [0.3, 0.4) is 0 Å². The minimum atomic E-state index is 0.170. The molecule has 1 aromatic rings. The number of piperidine rings is 1. The maximum Gasteiger partial charge on any atom is 0.221 e. The molecule has 2 fully saturated rings. The average molecular weight is 364 g/mol. The minimum absolute atomic E-state index is 0.170. The summed E-state index contributed by atoms with van der Waals surface area (Å²) in [5.74, 6) is 0.170. The summed E-state index contributed by atoms with van der Waals surface area (Å²) in [6, 6.07) is 8.31. The van der Waals surface area contributed by atoms with Crippen LogP contribution in [0.5, 0.6) is 0 Å². The van der Waals surface area contributed by atoms with E-state index in [0.717, 1.165) is 37.7 Å². The summed E-state index contributed by atoms with van der Waals surface area (Å²) in [5, 5.41) is 3.93. The Labute approximate surface area is 156 Å². The Morgan fingerprint density at radius 2 is 1.64 bits per heavy atom. The zero-order valence-electron chi connectivity index (χ0n) is 15.1. The van der Waals surface area contributed by atoms with Crippen molar-refractivity contribution in [3.8, 4) is 0 Å². The quantitative estimate of drug-likeness (QED) is 0.805. The third kappa shape index (κ3) is 5.70.